The van der Waals surface area contributed by atoms with E-state index in [1.165, 1.54) is 0 Å². The number of carbonyl (C=O) groups is 2. The second-order valence-electron chi connectivity index (χ2n) is 10.0. The number of primary amides is 1. The van der Waals surface area contributed by atoms with E-state index in [2.05, 4.69) is 26.1 Å². The van der Waals surface area contributed by atoms with Crippen LogP contribution in [0.25, 0.3) is 0 Å². The predicted octanol–water partition coefficient (Wildman–Crippen LogP) is 2.38. The molecule has 3 aliphatic rings. The number of nitrogens with one attached hydrogen (secondary N) is 1. The van der Waals surface area contributed by atoms with Crippen LogP contribution in [-0.4, -0.2) is 61.3 Å². The Morgan fingerprint density at radius 2 is 1.93 bits per heavy atom. The number of methoxy groups -OCH3 is 1. The van der Waals surface area contributed by atoms with E-state index >= 15 is 0 Å². The number of hydrogen-bond donors (Lipinski definition) is 2. The van der Waals surface area contributed by atoms with Crippen LogP contribution >= 0.6 is 0 Å². The van der Waals surface area contributed by atoms with Crippen LogP contribution in [0.5, 0.6) is 0 Å². The Kier molecular flexibility index (Phi) is 6.70. The van der Waals surface area contributed by atoms with Gasteiger partial charge in [0, 0.05) is 7.11 Å². The molecule has 0 unspecified atom stereocenters. The van der Waals surface area contributed by atoms with E-state index in [0.717, 1.165) is 19.3 Å². The number of epoxide rings is 2. The Hall–Kier alpha value is -1.38. The third-order valence-electron chi connectivity index (χ3n) is 7.01. The maximum Gasteiger partial charge on any atom is 0.408 e. The normalized spacial score (nSPS) is 38.5. The van der Waals surface area contributed by atoms with Crippen molar-refractivity contribution in [2.45, 2.75) is 95.9 Å². The van der Waals surface area contributed by atoms with Gasteiger partial charge in [-0.2, -0.15) is 0 Å². The van der Waals surface area contributed by atoms with Gasteiger partial charge in [-0.3, -0.25) is 4.79 Å². The van der Waals surface area contributed by atoms with Gasteiger partial charge in [0.05, 0.1) is 18.6 Å². The van der Waals surface area contributed by atoms with Gasteiger partial charge in [-0.1, -0.05) is 27.7 Å². The topological polar surface area (TPSA) is 116 Å². The summed E-state index contributed by atoms with van der Waals surface area (Å²) in [5, 5.41) is 2.60. The molecule has 30 heavy (non-hydrogen) atoms. The van der Waals surface area contributed by atoms with Crippen LogP contribution in [0, 0.1) is 17.8 Å². The van der Waals surface area contributed by atoms with Crippen LogP contribution < -0.4 is 11.1 Å². The largest absolute Gasteiger partial charge is 0.443 e. The molecule has 0 radical (unpaired) electrons. The number of carbonyl (C=O) groups excluding carboxylic acids is 2. The van der Waals surface area contributed by atoms with Gasteiger partial charge in [0.1, 0.15) is 29.5 Å². The average molecular weight is 427 g/mol. The lowest BCUT2D eigenvalue weighted by Gasteiger charge is -2.42. The van der Waals surface area contributed by atoms with Crippen LogP contribution in [-0.2, 0) is 23.7 Å². The SMILES string of the molecule is CO[C@@H]1[C@H](OC(=O)N[C@@H](C(N)=O)C(C)C)CC[C@]2(CO2)[C@H]1[C@]1(C)O[C@@H]1CCC(C)C. The van der Waals surface area contributed by atoms with E-state index in [1.807, 2.05) is 13.8 Å². The molecule has 1 spiro atoms. The van der Waals surface area contributed by atoms with Crippen molar-refractivity contribution in [2.24, 2.45) is 23.5 Å². The van der Waals surface area contributed by atoms with Gasteiger partial charge in [0.15, 0.2) is 0 Å². The lowest BCUT2D eigenvalue weighted by atomic mass is 9.68. The Balaban J connectivity index is 1.69. The van der Waals surface area contributed by atoms with Crippen LogP contribution in [0.15, 0.2) is 0 Å². The van der Waals surface area contributed by atoms with Crippen molar-refractivity contribution in [2.75, 3.05) is 13.7 Å². The first-order valence-corrected chi connectivity index (χ1v) is 11.1. The van der Waals surface area contributed by atoms with Gasteiger partial charge in [-0.05, 0) is 44.4 Å². The molecule has 7 atom stereocenters. The molecule has 2 saturated heterocycles. The van der Waals surface area contributed by atoms with E-state index in [0.29, 0.717) is 18.9 Å². The number of amides is 2. The molecule has 8 nitrogen and oxygen atoms in total. The fraction of sp³-hybridized carbons (Fsp3) is 0.909. The van der Waals surface area contributed by atoms with E-state index in [9.17, 15) is 9.59 Å². The number of rotatable bonds is 9. The highest BCUT2D eigenvalue weighted by molar-refractivity contribution is 5.84. The van der Waals surface area contributed by atoms with Crippen LogP contribution in [0.4, 0.5) is 4.79 Å². The van der Waals surface area contributed by atoms with Crippen molar-refractivity contribution in [3.05, 3.63) is 0 Å². The summed E-state index contributed by atoms with van der Waals surface area (Å²) in [5.74, 6) is -0.108. The highest BCUT2D eigenvalue weighted by atomic mass is 16.6. The molecule has 2 heterocycles. The van der Waals surface area contributed by atoms with Crippen molar-refractivity contribution < 1.29 is 28.5 Å². The smallest absolute Gasteiger partial charge is 0.408 e. The zero-order valence-electron chi connectivity index (χ0n) is 19.1. The maximum absolute atomic E-state index is 12.5. The van der Waals surface area contributed by atoms with Crippen LogP contribution in [0.3, 0.4) is 0 Å². The van der Waals surface area contributed by atoms with E-state index < -0.39 is 24.1 Å². The van der Waals surface area contributed by atoms with Crippen LogP contribution in [0.2, 0.25) is 0 Å². The van der Waals surface area contributed by atoms with E-state index in [4.69, 9.17) is 24.7 Å². The predicted molar refractivity (Wildman–Crippen MR) is 111 cm³/mol. The summed E-state index contributed by atoms with van der Waals surface area (Å²) >= 11 is 0. The molecule has 3 N–H and O–H groups in total. The number of alkyl carbamates (subject to hydrolysis) is 1. The van der Waals surface area contributed by atoms with Crippen molar-refractivity contribution >= 4 is 12.0 Å². The van der Waals surface area contributed by atoms with Gasteiger partial charge < -0.3 is 30.0 Å². The van der Waals surface area contributed by atoms with Crippen LogP contribution in [0.1, 0.15) is 60.3 Å². The molecule has 0 aromatic heterocycles. The van der Waals surface area contributed by atoms with Gasteiger partial charge >= 0.3 is 6.09 Å². The first-order valence-electron chi connectivity index (χ1n) is 11.1. The molecule has 2 amide bonds. The number of ether oxygens (including phenoxy) is 4. The molecule has 3 fully saturated rings. The Labute approximate surface area is 179 Å². The first-order chi connectivity index (χ1) is 14.0. The molecule has 1 aliphatic carbocycles. The van der Waals surface area contributed by atoms with Gasteiger partial charge in [-0.25, -0.2) is 4.79 Å². The summed E-state index contributed by atoms with van der Waals surface area (Å²) in [7, 11) is 1.64. The monoisotopic (exact) mass is 426 g/mol. The summed E-state index contributed by atoms with van der Waals surface area (Å²) in [4.78, 5) is 24.1. The second-order valence-corrected chi connectivity index (χ2v) is 10.0. The standard InChI is InChI=1S/C22H38N2O6/c1-12(2)7-8-15-21(5,30-15)18-17(27-6)14(9-10-22(18)11-28-22)29-20(26)24-16(13(3)4)19(23)25/h12-18H,7-11H2,1-6H3,(H2,23,25)(H,24,26)/t14-,15-,16-,17-,18-,21-,22+/m1/s1. The Morgan fingerprint density at radius 1 is 1.27 bits per heavy atom. The minimum atomic E-state index is -0.777. The van der Waals surface area contributed by atoms with Gasteiger partial charge in [0.25, 0.3) is 0 Å². The summed E-state index contributed by atoms with van der Waals surface area (Å²) in [6.07, 6.45) is 2.25. The highest BCUT2D eigenvalue weighted by Crippen LogP contribution is 2.59. The second kappa shape index (κ2) is 8.63. The molecule has 3 rings (SSSR count). The molecule has 0 bridgehead atoms. The Morgan fingerprint density at radius 3 is 2.43 bits per heavy atom. The minimum Gasteiger partial charge on any atom is -0.443 e. The van der Waals surface area contributed by atoms with Gasteiger partial charge in [-0.15, -0.1) is 0 Å². The number of hydrogen-bond acceptors (Lipinski definition) is 6. The zero-order chi connectivity index (χ0) is 22.3. The molecule has 172 valence electrons. The third-order valence-corrected chi connectivity index (χ3v) is 7.01. The lowest BCUT2D eigenvalue weighted by Crippen LogP contribution is -2.57. The molecule has 1 saturated carbocycles. The average Bonchev–Trinajstić information content (AvgIpc) is 3.56. The first kappa shape index (κ1) is 23.3. The maximum atomic E-state index is 12.5. The molecular weight excluding hydrogens is 388 g/mol. The van der Waals surface area contributed by atoms with Crippen molar-refractivity contribution in [1.82, 2.24) is 5.32 Å². The van der Waals surface area contributed by atoms with Crippen molar-refractivity contribution in [3.63, 3.8) is 0 Å². The Bertz CT molecular complexity index is 650. The molecular formula is C22H38N2O6. The lowest BCUT2D eigenvalue weighted by molar-refractivity contribution is -0.123. The third kappa shape index (κ3) is 4.60. The molecule has 0 aromatic carbocycles. The highest BCUT2D eigenvalue weighted by Gasteiger charge is 2.72. The minimum absolute atomic E-state index is 0.0178. The summed E-state index contributed by atoms with van der Waals surface area (Å²) in [6.45, 7) is 10.9. The molecule has 8 heteroatoms. The number of nitrogens with two attached hydrogens (primary N) is 1. The zero-order valence-corrected chi connectivity index (χ0v) is 19.1. The summed E-state index contributed by atoms with van der Waals surface area (Å²) < 4.78 is 23.7. The van der Waals surface area contributed by atoms with Gasteiger partial charge in [0.2, 0.25) is 5.91 Å². The summed E-state index contributed by atoms with van der Waals surface area (Å²) in [6, 6.07) is -0.777. The summed E-state index contributed by atoms with van der Waals surface area (Å²) in [5.41, 5.74) is 4.79. The molecule has 0 aromatic rings. The molecule has 2 aliphatic heterocycles. The van der Waals surface area contributed by atoms with E-state index in [1.54, 1.807) is 7.11 Å². The van der Waals surface area contributed by atoms with Crippen molar-refractivity contribution in [3.8, 4) is 0 Å². The fourth-order valence-electron chi connectivity index (χ4n) is 5.14. The quantitative estimate of drug-likeness (QED) is 0.547. The fourth-order valence-corrected chi connectivity index (χ4v) is 5.14. The van der Waals surface area contributed by atoms with E-state index in [-0.39, 0.29) is 35.2 Å². The van der Waals surface area contributed by atoms with Crippen molar-refractivity contribution in [1.29, 1.82) is 0 Å².